The van der Waals surface area contributed by atoms with Gasteiger partial charge in [0.15, 0.2) is 0 Å². The Morgan fingerprint density at radius 2 is 1.79 bits per heavy atom. The molecule has 1 N–H and O–H groups in total. The van der Waals surface area contributed by atoms with E-state index in [9.17, 15) is 5.11 Å². The Labute approximate surface area is 142 Å². The van der Waals surface area contributed by atoms with E-state index in [-0.39, 0.29) is 5.75 Å². The van der Waals surface area contributed by atoms with Gasteiger partial charge in [-0.05, 0) is 29.0 Å². The highest BCUT2D eigenvalue weighted by Crippen LogP contribution is 2.25. The first-order chi connectivity index (χ1) is 11.7. The van der Waals surface area contributed by atoms with Crippen molar-refractivity contribution in [1.29, 1.82) is 0 Å². The molecular formula is C19H15N3OS. The van der Waals surface area contributed by atoms with Crippen LogP contribution >= 0.6 is 11.3 Å². The van der Waals surface area contributed by atoms with Crippen molar-refractivity contribution in [3.63, 3.8) is 0 Å². The van der Waals surface area contributed by atoms with Crippen molar-refractivity contribution in [2.24, 2.45) is 17.3 Å². The number of thiazole rings is 1. The number of aromatic nitrogens is 1. The normalized spacial score (nSPS) is 12.6. The number of aromatic hydroxyl groups is 1. The fourth-order valence-electron chi connectivity index (χ4n) is 2.73. The molecule has 0 atom stereocenters. The fraction of sp³-hybridized carbons (Fsp3) is 0.0526. The summed E-state index contributed by atoms with van der Waals surface area (Å²) in [6.07, 6.45) is 1.61. The number of hydrogen-bond donors (Lipinski definition) is 1. The van der Waals surface area contributed by atoms with Crippen LogP contribution in [0.25, 0.3) is 21.0 Å². The maximum absolute atomic E-state index is 10.1. The molecule has 0 saturated carbocycles. The molecule has 0 spiro atoms. The van der Waals surface area contributed by atoms with Gasteiger partial charge < -0.3 is 9.67 Å². The maximum atomic E-state index is 10.1. The average molecular weight is 333 g/mol. The van der Waals surface area contributed by atoms with Gasteiger partial charge in [0.1, 0.15) is 5.75 Å². The number of para-hydroxylation sites is 1. The Morgan fingerprint density at radius 3 is 2.67 bits per heavy atom. The molecule has 1 heterocycles. The van der Waals surface area contributed by atoms with Crippen molar-refractivity contribution in [2.75, 3.05) is 0 Å². The highest BCUT2D eigenvalue weighted by atomic mass is 32.1. The zero-order chi connectivity index (χ0) is 16.5. The van der Waals surface area contributed by atoms with Crippen molar-refractivity contribution < 1.29 is 5.11 Å². The van der Waals surface area contributed by atoms with Gasteiger partial charge in [-0.2, -0.15) is 5.10 Å². The molecule has 4 aromatic rings. The van der Waals surface area contributed by atoms with Crippen LogP contribution in [0.3, 0.4) is 0 Å². The van der Waals surface area contributed by atoms with Crippen molar-refractivity contribution in [3.05, 3.63) is 71.0 Å². The minimum atomic E-state index is 0.202. The van der Waals surface area contributed by atoms with Crippen LogP contribution in [0.1, 0.15) is 5.56 Å². The maximum Gasteiger partial charge on any atom is 0.211 e. The topological polar surface area (TPSA) is 49.9 Å². The Bertz CT molecular complexity index is 1140. The van der Waals surface area contributed by atoms with E-state index in [4.69, 9.17) is 0 Å². The predicted octanol–water partition coefficient (Wildman–Crippen LogP) is 4.03. The lowest BCUT2D eigenvalue weighted by molar-refractivity contribution is 0.475. The van der Waals surface area contributed by atoms with Crippen LogP contribution < -0.4 is 4.80 Å². The summed E-state index contributed by atoms with van der Waals surface area (Å²) >= 11 is 1.59. The molecule has 5 heteroatoms. The second-order valence-corrected chi connectivity index (χ2v) is 6.48. The Kier molecular flexibility index (Phi) is 3.63. The lowest BCUT2D eigenvalue weighted by Crippen LogP contribution is -2.08. The monoisotopic (exact) mass is 333 g/mol. The van der Waals surface area contributed by atoms with Crippen LogP contribution in [-0.2, 0) is 7.05 Å². The van der Waals surface area contributed by atoms with Crippen LogP contribution in [0, 0.1) is 0 Å². The van der Waals surface area contributed by atoms with E-state index < -0.39 is 0 Å². The number of phenols is 1. The summed E-state index contributed by atoms with van der Waals surface area (Å²) in [6.45, 7) is 0. The minimum Gasteiger partial charge on any atom is -0.507 e. The van der Waals surface area contributed by atoms with Gasteiger partial charge >= 0.3 is 0 Å². The van der Waals surface area contributed by atoms with Gasteiger partial charge in [0.2, 0.25) is 4.80 Å². The molecule has 0 aliphatic rings. The molecule has 3 aromatic carbocycles. The Hall–Kier alpha value is -2.92. The molecule has 4 rings (SSSR count). The predicted molar refractivity (Wildman–Crippen MR) is 99.6 cm³/mol. The Balaban J connectivity index is 1.80. The Morgan fingerprint density at radius 1 is 1.00 bits per heavy atom. The summed E-state index contributed by atoms with van der Waals surface area (Å²) in [5, 5.41) is 20.7. The van der Waals surface area contributed by atoms with Gasteiger partial charge in [-0.3, -0.25) is 0 Å². The van der Waals surface area contributed by atoms with Crippen molar-refractivity contribution in [2.45, 2.75) is 0 Å². The first-order valence-corrected chi connectivity index (χ1v) is 8.38. The van der Waals surface area contributed by atoms with E-state index >= 15 is 0 Å². The van der Waals surface area contributed by atoms with E-state index in [1.165, 1.54) is 4.70 Å². The zero-order valence-corrected chi connectivity index (χ0v) is 13.9. The third-order valence-electron chi connectivity index (χ3n) is 3.99. The van der Waals surface area contributed by atoms with Crippen LogP contribution in [0.5, 0.6) is 5.75 Å². The number of benzene rings is 3. The molecule has 1 aromatic heterocycles. The van der Waals surface area contributed by atoms with Crippen LogP contribution in [-0.4, -0.2) is 15.9 Å². The largest absolute Gasteiger partial charge is 0.507 e. The van der Waals surface area contributed by atoms with Gasteiger partial charge in [-0.1, -0.05) is 53.8 Å². The lowest BCUT2D eigenvalue weighted by Gasteiger charge is -2.03. The summed E-state index contributed by atoms with van der Waals surface area (Å²) in [5.41, 5.74) is 1.81. The molecule has 0 aliphatic carbocycles. The molecule has 0 amide bonds. The average Bonchev–Trinajstić information content (AvgIpc) is 2.93. The second-order valence-electron chi connectivity index (χ2n) is 5.48. The van der Waals surface area contributed by atoms with Gasteiger partial charge in [0.25, 0.3) is 0 Å². The number of rotatable bonds is 2. The fourth-order valence-corrected chi connectivity index (χ4v) is 3.71. The second kappa shape index (κ2) is 5.94. The minimum absolute atomic E-state index is 0.202. The standard InChI is InChI=1S/C19H15N3OS/c1-22-16-8-4-5-9-18(16)24-19(22)21-20-12-15-14-7-3-2-6-13(14)10-11-17(15)23/h2-12,23H,1H3/b20-12+,21-19+. The molecule has 4 nitrogen and oxygen atoms in total. The lowest BCUT2D eigenvalue weighted by atomic mass is 10.0. The first-order valence-electron chi connectivity index (χ1n) is 7.56. The summed E-state index contributed by atoms with van der Waals surface area (Å²) in [6, 6.07) is 19.6. The first kappa shape index (κ1) is 14.7. The molecule has 0 fully saturated rings. The molecule has 0 aliphatic heterocycles. The van der Waals surface area contributed by atoms with Crippen LogP contribution in [0.4, 0.5) is 0 Å². The number of aryl methyl sites for hydroxylation is 1. The zero-order valence-electron chi connectivity index (χ0n) is 13.0. The highest BCUT2D eigenvalue weighted by molar-refractivity contribution is 7.16. The molecule has 0 unspecified atom stereocenters. The molecule has 0 radical (unpaired) electrons. The van der Waals surface area contributed by atoms with Crippen molar-refractivity contribution in [3.8, 4) is 5.75 Å². The van der Waals surface area contributed by atoms with Gasteiger partial charge in [0.05, 0.1) is 16.4 Å². The summed E-state index contributed by atoms with van der Waals surface area (Å²) in [4.78, 5) is 0.812. The summed E-state index contributed by atoms with van der Waals surface area (Å²) in [7, 11) is 1.97. The summed E-state index contributed by atoms with van der Waals surface area (Å²) < 4.78 is 3.18. The quantitative estimate of drug-likeness (QED) is 0.437. The highest BCUT2D eigenvalue weighted by Gasteiger charge is 2.04. The molecule has 0 bridgehead atoms. The smallest absolute Gasteiger partial charge is 0.211 e. The van der Waals surface area contributed by atoms with E-state index in [0.29, 0.717) is 5.56 Å². The number of nitrogens with zero attached hydrogens (tertiary/aromatic N) is 3. The van der Waals surface area contributed by atoms with E-state index in [0.717, 1.165) is 21.1 Å². The number of phenolic OH excluding ortho intramolecular Hbond substituents is 1. The summed E-state index contributed by atoms with van der Waals surface area (Å²) in [5.74, 6) is 0.202. The van der Waals surface area contributed by atoms with Gasteiger partial charge in [-0.25, -0.2) is 0 Å². The number of fused-ring (bicyclic) bond motifs is 2. The van der Waals surface area contributed by atoms with E-state index in [1.807, 2.05) is 54.1 Å². The van der Waals surface area contributed by atoms with Crippen molar-refractivity contribution in [1.82, 2.24) is 4.57 Å². The third kappa shape index (κ3) is 2.49. The van der Waals surface area contributed by atoms with Crippen LogP contribution in [0.2, 0.25) is 0 Å². The SMILES string of the molecule is Cn1/c(=N\N=C\c2c(O)ccc3ccccc23)sc2ccccc21. The molecule has 0 saturated heterocycles. The molecule has 24 heavy (non-hydrogen) atoms. The molecule has 118 valence electrons. The third-order valence-corrected chi connectivity index (χ3v) is 5.10. The van der Waals surface area contributed by atoms with Gasteiger partial charge in [0, 0.05) is 12.6 Å². The molecular weight excluding hydrogens is 318 g/mol. The van der Waals surface area contributed by atoms with Crippen molar-refractivity contribution >= 4 is 38.5 Å². The van der Waals surface area contributed by atoms with E-state index in [2.05, 4.69) is 22.3 Å². The van der Waals surface area contributed by atoms with Crippen LogP contribution in [0.15, 0.2) is 70.9 Å². The van der Waals surface area contributed by atoms with E-state index in [1.54, 1.807) is 23.6 Å². The van der Waals surface area contributed by atoms with Gasteiger partial charge in [-0.15, -0.1) is 5.10 Å². The number of hydrogen-bond acceptors (Lipinski definition) is 4.